The van der Waals surface area contributed by atoms with Gasteiger partial charge >= 0.3 is 5.97 Å². The van der Waals surface area contributed by atoms with Gasteiger partial charge in [0.05, 0.1) is 13.7 Å². The van der Waals surface area contributed by atoms with Gasteiger partial charge in [-0.1, -0.05) is 0 Å². The van der Waals surface area contributed by atoms with E-state index in [0.717, 1.165) is 32.4 Å². The minimum atomic E-state index is -0.502. The van der Waals surface area contributed by atoms with Crippen molar-refractivity contribution >= 4 is 5.97 Å². The molecule has 0 aromatic heterocycles. The molecule has 2 saturated carbocycles. The summed E-state index contributed by atoms with van der Waals surface area (Å²) in [5.74, 6) is -0.118. The molecular weight excluding hydrogens is 256 g/mol. The second-order valence-electron chi connectivity index (χ2n) is 6.04. The van der Waals surface area contributed by atoms with Crippen LogP contribution in [0.4, 0.5) is 0 Å². The second kappa shape index (κ2) is 6.87. The van der Waals surface area contributed by atoms with Gasteiger partial charge in [0.15, 0.2) is 0 Å². The van der Waals surface area contributed by atoms with Crippen LogP contribution in [0.1, 0.15) is 38.5 Å². The summed E-state index contributed by atoms with van der Waals surface area (Å²) in [6.07, 6.45) is 6.51. The molecule has 5 nitrogen and oxygen atoms in total. The van der Waals surface area contributed by atoms with Crippen molar-refractivity contribution in [3.8, 4) is 0 Å². The zero-order valence-electron chi connectivity index (χ0n) is 13.0. The number of ether oxygens (including phenoxy) is 2. The minimum Gasteiger partial charge on any atom is -0.468 e. The SMILES string of the molecule is CNC1(C(=O)OC)CCCC(N(CCOC)C2CC2)C1. The lowest BCUT2D eigenvalue weighted by molar-refractivity contribution is -0.151. The zero-order valence-corrected chi connectivity index (χ0v) is 13.0. The number of esters is 1. The average molecular weight is 284 g/mol. The zero-order chi connectivity index (χ0) is 14.6. The van der Waals surface area contributed by atoms with Crippen molar-refractivity contribution in [2.75, 3.05) is 34.4 Å². The van der Waals surface area contributed by atoms with E-state index in [1.54, 1.807) is 7.11 Å². The monoisotopic (exact) mass is 284 g/mol. The fraction of sp³-hybridized carbons (Fsp3) is 0.933. The van der Waals surface area contributed by atoms with E-state index >= 15 is 0 Å². The Balaban J connectivity index is 2.05. The van der Waals surface area contributed by atoms with Gasteiger partial charge in [0.1, 0.15) is 5.54 Å². The molecule has 0 radical (unpaired) electrons. The van der Waals surface area contributed by atoms with Gasteiger partial charge < -0.3 is 14.8 Å². The molecule has 2 unspecified atom stereocenters. The Bertz CT molecular complexity index is 333. The number of nitrogens with one attached hydrogen (secondary N) is 1. The molecule has 2 aliphatic carbocycles. The van der Waals surface area contributed by atoms with Gasteiger partial charge in [-0.15, -0.1) is 0 Å². The van der Waals surface area contributed by atoms with Gasteiger partial charge in [0, 0.05) is 25.7 Å². The molecule has 2 rings (SSSR count). The lowest BCUT2D eigenvalue weighted by Crippen LogP contribution is -2.58. The van der Waals surface area contributed by atoms with E-state index in [2.05, 4.69) is 10.2 Å². The smallest absolute Gasteiger partial charge is 0.326 e. The highest BCUT2D eigenvalue weighted by Gasteiger charge is 2.46. The first kappa shape index (κ1) is 15.7. The highest BCUT2D eigenvalue weighted by molar-refractivity contribution is 5.81. The summed E-state index contributed by atoms with van der Waals surface area (Å²) in [6, 6.07) is 1.15. The molecule has 1 N–H and O–H groups in total. The molecule has 2 aliphatic rings. The van der Waals surface area contributed by atoms with Gasteiger partial charge in [-0.3, -0.25) is 9.69 Å². The Hall–Kier alpha value is -0.650. The Morgan fingerprint density at radius 3 is 2.60 bits per heavy atom. The summed E-state index contributed by atoms with van der Waals surface area (Å²) >= 11 is 0. The summed E-state index contributed by atoms with van der Waals surface area (Å²) < 4.78 is 10.3. The Morgan fingerprint density at radius 2 is 2.05 bits per heavy atom. The fourth-order valence-corrected chi connectivity index (χ4v) is 3.50. The van der Waals surface area contributed by atoms with Crippen LogP contribution in [-0.2, 0) is 14.3 Å². The van der Waals surface area contributed by atoms with E-state index < -0.39 is 5.54 Å². The number of rotatable bonds is 7. The van der Waals surface area contributed by atoms with Crippen LogP contribution in [-0.4, -0.2) is 62.9 Å². The predicted octanol–water partition coefficient (Wildman–Crippen LogP) is 1.17. The molecule has 0 aromatic carbocycles. The van der Waals surface area contributed by atoms with Crippen LogP contribution in [0.5, 0.6) is 0 Å². The first-order valence-corrected chi connectivity index (χ1v) is 7.69. The maximum atomic E-state index is 12.2. The fourth-order valence-electron chi connectivity index (χ4n) is 3.50. The largest absolute Gasteiger partial charge is 0.468 e. The molecule has 20 heavy (non-hydrogen) atoms. The van der Waals surface area contributed by atoms with Crippen molar-refractivity contribution in [3.63, 3.8) is 0 Å². The van der Waals surface area contributed by atoms with Crippen molar-refractivity contribution in [3.05, 3.63) is 0 Å². The topological polar surface area (TPSA) is 50.8 Å². The normalized spacial score (nSPS) is 30.5. The number of carbonyl (C=O) groups is 1. The van der Waals surface area contributed by atoms with Gasteiger partial charge in [0.25, 0.3) is 0 Å². The van der Waals surface area contributed by atoms with Crippen molar-refractivity contribution in [2.45, 2.75) is 56.1 Å². The molecule has 0 spiro atoms. The van der Waals surface area contributed by atoms with Crippen LogP contribution in [0, 0.1) is 0 Å². The molecule has 2 atom stereocenters. The molecule has 0 saturated heterocycles. The van der Waals surface area contributed by atoms with E-state index in [0.29, 0.717) is 12.1 Å². The van der Waals surface area contributed by atoms with E-state index in [9.17, 15) is 4.79 Å². The third-order valence-corrected chi connectivity index (χ3v) is 4.82. The lowest BCUT2D eigenvalue weighted by atomic mass is 9.78. The van der Waals surface area contributed by atoms with Crippen LogP contribution in [0.3, 0.4) is 0 Å². The molecule has 0 heterocycles. The lowest BCUT2D eigenvalue weighted by Gasteiger charge is -2.43. The molecule has 0 amide bonds. The Kier molecular flexibility index (Phi) is 5.41. The molecule has 0 bridgehead atoms. The first-order valence-electron chi connectivity index (χ1n) is 7.69. The summed E-state index contributed by atoms with van der Waals surface area (Å²) in [5.41, 5.74) is -0.502. The van der Waals surface area contributed by atoms with Gasteiger partial charge in [-0.25, -0.2) is 0 Å². The Morgan fingerprint density at radius 1 is 1.30 bits per heavy atom. The average Bonchev–Trinajstić information content (AvgIpc) is 3.31. The third kappa shape index (κ3) is 3.32. The number of carbonyl (C=O) groups excluding carboxylic acids is 1. The molecular formula is C15H28N2O3. The highest BCUT2D eigenvalue weighted by Crippen LogP contribution is 2.37. The van der Waals surface area contributed by atoms with Gasteiger partial charge in [-0.2, -0.15) is 0 Å². The van der Waals surface area contributed by atoms with Crippen LogP contribution >= 0.6 is 0 Å². The van der Waals surface area contributed by atoms with Crippen LogP contribution in [0.2, 0.25) is 0 Å². The first-order chi connectivity index (χ1) is 9.66. The third-order valence-electron chi connectivity index (χ3n) is 4.82. The van der Waals surface area contributed by atoms with Crippen molar-refractivity contribution in [2.24, 2.45) is 0 Å². The Labute approximate surface area is 122 Å². The molecule has 5 heteroatoms. The van der Waals surface area contributed by atoms with Crippen molar-refractivity contribution in [1.82, 2.24) is 10.2 Å². The minimum absolute atomic E-state index is 0.118. The van der Waals surface area contributed by atoms with E-state index in [1.807, 2.05) is 7.05 Å². The van der Waals surface area contributed by atoms with Crippen LogP contribution in [0.25, 0.3) is 0 Å². The van der Waals surface area contributed by atoms with Crippen LogP contribution < -0.4 is 5.32 Å². The molecule has 116 valence electrons. The molecule has 2 fully saturated rings. The summed E-state index contributed by atoms with van der Waals surface area (Å²) in [7, 11) is 5.10. The van der Waals surface area contributed by atoms with Crippen molar-refractivity contribution < 1.29 is 14.3 Å². The van der Waals surface area contributed by atoms with E-state index in [-0.39, 0.29) is 5.97 Å². The quantitative estimate of drug-likeness (QED) is 0.711. The summed E-state index contributed by atoms with van der Waals surface area (Å²) in [6.45, 7) is 1.73. The highest BCUT2D eigenvalue weighted by atomic mass is 16.5. The molecule has 0 aliphatic heterocycles. The van der Waals surface area contributed by atoms with Gasteiger partial charge in [-0.05, 0) is 45.6 Å². The van der Waals surface area contributed by atoms with E-state index in [4.69, 9.17) is 9.47 Å². The second-order valence-corrected chi connectivity index (χ2v) is 6.04. The number of nitrogens with zero attached hydrogens (tertiary/aromatic N) is 1. The number of methoxy groups -OCH3 is 2. The molecule has 0 aromatic rings. The van der Waals surface area contributed by atoms with Crippen LogP contribution in [0.15, 0.2) is 0 Å². The van der Waals surface area contributed by atoms with Crippen molar-refractivity contribution in [1.29, 1.82) is 0 Å². The predicted molar refractivity (Wildman–Crippen MR) is 77.7 cm³/mol. The van der Waals surface area contributed by atoms with E-state index in [1.165, 1.54) is 26.4 Å². The maximum absolute atomic E-state index is 12.2. The number of likely N-dealkylation sites (N-methyl/N-ethyl adjacent to an activating group) is 1. The maximum Gasteiger partial charge on any atom is 0.326 e. The van der Waals surface area contributed by atoms with Gasteiger partial charge in [0.2, 0.25) is 0 Å². The summed E-state index contributed by atoms with van der Waals surface area (Å²) in [5, 5.41) is 3.24. The summed E-state index contributed by atoms with van der Waals surface area (Å²) in [4.78, 5) is 14.7. The number of hydrogen-bond acceptors (Lipinski definition) is 5. The number of hydrogen-bond donors (Lipinski definition) is 1. The standard InChI is InChI=1S/C15H28N2O3/c1-16-15(14(18)20-3)8-4-5-13(11-15)17(9-10-19-2)12-6-7-12/h12-13,16H,4-11H2,1-3H3.